The number of carbonyl (C=O) groups excluding carboxylic acids is 1. The van der Waals surface area contributed by atoms with E-state index in [1.165, 1.54) is 19.2 Å². The lowest BCUT2D eigenvalue weighted by Crippen LogP contribution is -2.26. The molecular formula is C12H15N5O4. The van der Waals surface area contributed by atoms with E-state index in [1.54, 1.807) is 0 Å². The second kappa shape index (κ2) is 5.99. The van der Waals surface area contributed by atoms with Crippen LogP contribution in [0.1, 0.15) is 10.4 Å². The highest BCUT2D eigenvalue weighted by Crippen LogP contribution is 2.37. The number of ether oxygens (including phenoxy) is 3. The molecule has 1 aliphatic heterocycles. The number of guanidine groups is 2. The summed E-state index contributed by atoms with van der Waals surface area (Å²) in [6, 6.07) is 2.98. The van der Waals surface area contributed by atoms with Crippen LogP contribution in [-0.4, -0.2) is 38.2 Å². The maximum Gasteiger partial charge on any atom is 0.340 e. The van der Waals surface area contributed by atoms with Crippen molar-refractivity contribution in [3.05, 3.63) is 17.7 Å². The Morgan fingerprint density at radius 1 is 1.19 bits per heavy atom. The van der Waals surface area contributed by atoms with Crippen LogP contribution in [0.25, 0.3) is 0 Å². The number of benzene rings is 1. The molecule has 112 valence electrons. The van der Waals surface area contributed by atoms with Crippen LogP contribution in [0.2, 0.25) is 0 Å². The smallest absolute Gasteiger partial charge is 0.340 e. The van der Waals surface area contributed by atoms with Crippen molar-refractivity contribution in [2.24, 2.45) is 27.2 Å². The minimum Gasteiger partial charge on any atom is -0.486 e. The van der Waals surface area contributed by atoms with Crippen molar-refractivity contribution in [1.29, 1.82) is 0 Å². The molecule has 0 bridgehead atoms. The maximum atomic E-state index is 11.8. The molecule has 1 aromatic rings. The Kier molecular flexibility index (Phi) is 4.12. The number of carbonyl (C=O) groups is 1. The minimum atomic E-state index is -0.594. The van der Waals surface area contributed by atoms with Gasteiger partial charge in [-0.15, -0.1) is 0 Å². The van der Waals surface area contributed by atoms with Crippen molar-refractivity contribution in [3.8, 4) is 11.5 Å². The van der Waals surface area contributed by atoms with Crippen molar-refractivity contribution in [2.75, 3.05) is 20.3 Å². The molecule has 9 nitrogen and oxygen atoms in total. The van der Waals surface area contributed by atoms with Gasteiger partial charge in [0.25, 0.3) is 0 Å². The first-order chi connectivity index (χ1) is 10.0. The van der Waals surface area contributed by atoms with Crippen LogP contribution in [0.4, 0.5) is 5.69 Å². The number of aliphatic imine (C=N–C) groups is 2. The predicted molar refractivity (Wildman–Crippen MR) is 75.9 cm³/mol. The number of nitrogens with zero attached hydrogens (tertiary/aromatic N) is 2. The zero-order valence-electron chi connectivity index (χ0n) is 11.3. The normalized spacial score (nSPS) is 13.5. The van der Waals surface area contributed by atoms with Crippen LogP contribution in [0.3, 0.4) is 0 Å². The second-order valence-electron chi connectivity index (χ2n) is 4.01. The number of nitrogens with two attached hydrogens (primary N) is 3. The number of esters is 1. The summed E-state index contributed by atoms with van der Waals surface area (Å²) < 4.78 is 15.5. The van der Waals surface area contributed by atoms with E-state index in [-0.39, 0.29) is 23.2 Å². The lowest BCUT2D eigenvalue weighted by molar-refractivity contribution is 0.0600. The van der Waals surface area contributed by atoms with E-state index >= 15 is 0 Å². The van der Waals surface area contributed by atoms with Crippen molar-refractivity contribution < 1.29 is 19.0 Å². The highest BCUT2D eigenvalue weighted by Gasteiger charge is 2.20. The second-order valence-corrected chi connectivity index (χ2v) is 4.01. The third kappa shape index (κ3) is 3.32. The fraction of sp³-hybridized carbons (Fsp3) is 0.250. The summed E-state index contributed by atoms with van der Waals surface area (Å²) in [6.45, 7) is 0.795. The summed E-state index contributed by atoms with van der Waals surface area (Å²) >= 11 is 0. The Labute approximate surface area is 120 Å². The number of hydrogen-bond donors (Lipinski definition) is 3. The van der Waals surface area contributed by atoms with Crippen LogP contribution in [0.15, 0.2) is 22.1 Å². The van der Waals surface area contributed by atoms with E-state index in [2.05, 4.69) is 9.98 Å². The van der Waals surface area contributed by atoms with Gasteiger partial charge in [-0.1, -0.05) is 0 Å². The molecule has 0 aliphatic carbocycles. The number of rotatable bonds is 2. The van der Waals surface area contributed by atoms with Crippen LogP contribution >= 0.6 is 0 Å². The average Bonchev–Trinajstić information content (AvgIpc) is 2.44. The summed E-state index contributed by atoms with van der Waals surface area (Å²) in [5.41, 5.74) is 16.4. The standard InChI is InChI=1S/C12H15N5O4/c1-19-10(18)6-4-8-9(21-3-2-20-8)5-7(6)16-12(15)17-11(13)14/h4-5H,2-3H2,1H3,(H6,13,14,15,16,17). The first-order valence-electron chi connectivity index (χ1n) is 5.97. The Balaban J connectivity index is 2.51. The summed E-state index contributed by atoms with van der Waals surface area (Å²) in [4.78, 5) is 19.4. The van der Waals surface area contributed by atoms with Crippen molar-refractivity contribution >= 4 is 23.6 Å². The van der Waals surface area contributed by atoms with Gasteiger partial charge in [-0.05, 0) is 0 Å². The van der Waals surface area contributed by atoms with Gasteiger partial charge in [-0.2, -0.15) is 4.99 Å². The monoisotopic (exact) mass is 293 g/mol. The Morgan fingerprint density at radius 3 is 2.38 bits per heavy atom. The Bertz CT molecular complexity index is 622. The van der Waals surface area contributed by atoms with E-state index in [0.717, 1.165) is 0 Å². The molecule has 0 amide bonds. The number of hydrogen-bond acceptors (Lipinski definition) is 5. The van der Waals surface area contributed by atoms with E-state index < -0.39 is 5.97 Å². The fourth-order valence-electron chi connectivity index (χ4n) is 1.72. The number of methoxy groups -OCH3 is 1. The van der Waals surface area contributed by atoms with Gasteiger partial charge in [0.05, 0.1) is 18.4 Å². The molecule has 0 spiro atoms. The van der Waals surface area contributed by atoms with Crippen LogP contribution in [-0.2, 0) is 4.74 Å². The average molecular weight is 293 g/mol. The molecule has 6 N–H and O–H groups in total. The molecule has 1 aliphatic rings. The summed E-state index contributed by atoms with van der Waals surface area (Å²) in [6.07, 6.45) is 0. The predicted octanol–water partition coefficient (Wildman–Crippen LogP) is -0.536. The van der Waals surface area contributed by atoms with Crippen molar-refractivity contribution in [1.82, 2.24) is 0 Å². The molecule has 21 heavy (non-hydrogen) atoms. The minimum absolute atomic E-state index is 0.162. The molecule has 0 fully saturated rings. The zero-order chi connectivity index (χ0) is 15.4. The van der Waals surface area contributed by atoms with Crippen LogP contribution < -0.4 is 26.7 Å². The molecule has 2 rings (SSSR count). The van der Waals surface area contributed by atoms with Crippen LogP contribution in [0.5, 0.6) is 11.5 Å². The molecule has 0 unspecified atom stereocenters. The maximum absolute atomic E-state index is 11.8. The van der Waals surface area contributed by atoms with Gasteiger partial charge in [0.2, 0.25) is 5.96 Å². The fourth-order valence-corrected chi connectivity index (χ4v) is 1.72. The van der Waals surface area contributed by atoms with Gasteiger partial charge in [0, 0.05) is 12.1 Å². The first-order valence-corrected chi connectivity index (χ1v) is 5.97. The van der Waals surface area contributed by atoms with Gasteiger partial charge in [-0.25, -0.2) is 9.79 Å². The number of fused-ring (bicyclic) bond motifs is 1. The largest absolute Gasteiger partial charge is 0.486 e. The zero-order valence-corrected chi connectivity index (χ0v) is 11.3. The topological polar surface area (TPSA) is 148 Å². The Morgan fingerprint density at radius 2 is 1.81 bits per heavy atom. The molecule has 0 atom stereocenters. The van der Waals surface area contributed by atoms with Crippen molar-refractivity contribution in [3.63, 3.8) is 0 Å². The van der Waals surface area contributed by atoms with Gasteiger partial charge in [-0.3, -0.25) is 0 Å². The van der Waals surface area contributed by atoms with E-state index in [4.69, 9.17) is 31.4 Å². The van der Waals surface area contributed by atoms with E-state index in [0.29, 0.717) is 24.7 Å². The summed E-state index contributed by atoms with van der Waals surface area (Å²) in [5.74, 6) is -0.153. The lowest BCUT2D eigenvalue weighted by atomic mass is 10.1. The molecule has 0 saturated heterocycles. The summed E-state index contributed by atoms with van der Waals surface area (Å²) in [5, 5.41) is 0. The third-order valence-electron chi connectivity index (χ3n) is 2.54. The van der Waals surface area contributed by atoms with Gasteiger partial charge >= 0.3 is 5.97 Å². The third-order valence-corrected chi connectivity index (χ3v) is 2.54. The highest BCUT2D eigenvalue weighted by atomic mass is 16.6. The molecule has 1 heterocycles. The van der Waals surface area contributed by atoms with Gasteiger partial charge in [0.1, 0.15) is 13.2 Å². The quantitative estimate of drug-likeness (QED) is 0.377. The molecule has 9 heteroatoms. The molecule has 0 saturated carbocycles. The summed E-state index contributed by atoms with van der Waals surface area (Å²) in [7, 11) is 1.26. The lowest BCUT2D eigenvalue weighted by Gasteiger charge is -2.19. The molecular weight excluding hydrogens is 278 g/mol. The molecule has 0 radical (unpaired) electrons. The SMILES string of the molecule is COC(=O)c1cc2c(cc1N=C(N)N=C(N)N)OCCO2. The first kappa shape index (κ1) is 14.4. The van der Waals surface area contributed by atoms with Crippen molar-refractivity contribution in [2.45, 2.75) is 0 Å². The molecule has 0 aromatic heterocycles. The highest BCUT2D eigenvalue weighted by molar-refractivity contribution is 5.99. The van der Waals surface area contributed by atoms with Crippen LogP contribution in [0, 0.1) is 0 Å². The molecule has 1 aromatic carbocycles. The van der Waals surface area contributed by atoms with E-state index in [1.807, 2.05) is 0 Å². The van der Waals surface area contributed by atoms with Gasteiger partial charge in [0.15, 0.2) is 17.5 Å². The Hall–Kier alpha value is -2.97. The van der Waals surface area contributed by atoms with E-state index in [9.17, 15) is 4.79 Å². The van der Waals surface area contributed by atoms with Gasteiger partial charge < -0.3 is 31.4 Å².